The van der Waals surface area contributed by atoms with Crippen LogP contribution in [0.5, 0.6) is 11.5 Å². The fraction of sp³-hybridized carbons (Fsp3) is 0.214. The highest BCUT2D eigenvalue weighted by atomic mass is 32.2. The Morgan fingerprint density at radius 3 is 2.58 bits per heavy atom. The maximum Gasteiger partial charge on any atom is 0.387 e. The van der Waals surface area contributed by atoms with Crippen LogP contribution in [-0.4, -0.2) is 48.8 Å². The quantitative estimate of drug-likeness (QED) is 0.174. The third-order valence-electron chi connectivity index (χ3n) is 5.77. The molecule has 1 heterocycles. The predicted octanol–water partition coefficient (Wildman–Crippen LogP) is 6.38. The molecule has 0 aliphatic carbocycles. The second kappa shape index (κ2) is 14.2. The molecule has 0 spiro atoms. The van der Waals surface area contributed by atoms with Crippen LogP contribution < -0.4 is 20.1 Å². The molecule has 208 valence electrons. The molecule has 1 saturated heterocycles. The van der Waals surface area contributed by atoms with E-state index in [2.05, 4.69) is 20.2 Å². The largest absolute Gasteiger partial charge is 0.463 e. The second-order valence-electron chi connectivity index (χ2n) is 8.46. The first kappa shape index (κ1) is 28.7. The number of amidine groups is 2. The third kappa shape index (κ3) is 7.85. The van der Waals surface area contributed by atoms with Crippen molar-refractivity contribution >= 4 is 46.7 Å². The molecular formula is C28H27F3N6O2S. The SMILES string of the molecule is CC1CCS/C(=N\N=C\c2ccc(C(N)=NC=Nc3ccc(OCF)cc3)cc2)N1c1ccccc1OC(F)F. The molecule has 0 aromatic heterocycles. The molecule has 0 bridgehead atoms. The van der Waals surface area contributed by atoms with Crippen LogP contribution in [-0.2, 0) is 0 Å². The van der Waals surface area contributed by atoms with Gasteiger partial charge in [-0.25, -0.2) is 14.4 Å². The summed E-state index contributed by atoms with van der Waals surface area (Å²) < 4.78 is 47.6. The highest BCUT2D eigenvalue weighted by Crippen LogP contribution is 2.36. The smallest absolute Gasteiger partial charge is 0.387 e. The fourth-order valence-electron chi connectivity index (χ4n) is 3.79. The van der Waals surface area contributed by atoms with E-state index in [0.29, 0.717) is 27.9 Å². The van der Waals surface area contributed by atoms with Crippen molar-refractivity contribution in [3.05, 3.63) is 83.9 Å². The van der Waals surface area contributed by atoms with Gasteiger partial charge in [0.2, 0.25) is 6.86 Å². The van der Waals surface area contributed by atoms with E-state index in [0.717, 1.165) is 17.7 Å². The number of nitrogens with zero attached hydrogens (tertiary/aromatic N) is 5. The number of thioether (sulfide) groups is 1. The summed E-state index contributed by atoms with van der Waals surface area (Å²) in [7, 11) is 0. The Kier molecular flexibility index (Phi) is 10.2. The number of hydrogen-bond acceptors (Lipinski definition) is 6. The number of rotatable bonds is 10. The Morgan fingerprint density at radius 1 is 1.10 bits per heavy atom. The lowest BCUT2D eigenvalue weighted by Gasteiger charge is -2.35. The molecule has 40 heavy (non-hydrogen) atoms. The average molecular weight is 569 g/mol. The molecule has 1 aliphatic rings. The van der Waals surface area contributed by atoms with E-state index in [9.17, 15) is 13.2 Å². The summed E-state index contributed by atoms with van der Waals surface area (Å²) in [4.78, 5) is 10.2. The molecule has 4 rings (SSSR count). The lowest BCUT2D eigenvalue weighted by molar-refractivity contribution is -0.0494. The van der Waals surface area contributed by atoms with Crippen LogP contribution in [0.1, 0.15) is 24.5 Å². The predicted molar refractivity (Wildman–Crippen MR) is 155 cm³/mol. The first-order valence-electron chi connectivity index (χ1n) is 12.3. The van der Waals surface area contributed by atoms with Crippen molar-refractivity contribution in [1.29, 1.82) is 0 Å². The molecule has 1 atom stereocenters. The van der Waals surface area contributed by atoms with Gasteiger partial charge in [-0.05, 0) is 55.3 Å². The van der Waals surface area contributed by atoms with Gasteiger partial charge in [-0.3, -0.25) is 0 Å². The minimum atomic E-state index is -2.93. The summed E-state index contributed by atoms with van der Waals surface area (Å²) in [6.07, 6.45) is 3.79. The van der Waals surface area contributed by atoms with E-state index in [1.165, 1.54) is 24.2 Å². The summed E-state index contributed by atoms with van der Waals surface area (Å²) >= 11 is 1.50. The molecule has 0 amide bonds. The van der Waals surface area contributed by atoms with Crippen LogP contribution in [0.3, 0.4) is 0 Å². The maximum absolute atomic E-state index is 13.0. The van der Waals surface area contributed by atoms with Gasteiger partial charge in [-0.2, -0.15) is 13.9 Å². The lowest BCUT2D eigenvalue weighted by Crippen LogP contribution is -2.41. The molecule has 8 nitrogen and oxygen atoms in total. The van der Waals surface area contributed by atoms with Crippen LogP contribution in [0, 0.1) is 0 Å². The summed E-state index contributed by atoms with van der Waals surface area (Å²) in [6.45, 7) is -1.81. The summed E-state index contributed by atoms with van der Waals surface area (Å²) in [6, 6.07) is 20.5. The monoisotopic (exact) mass is 568 g/mol. The van der Waals surface area contributed by atoms with Crippen LogP contribution >= 0.6 is 11.8 Å². The Morgan fingerprint density at radius 2 is 1.85 bits per heavy atom. The molecule has 3 aromatic carbocycles. The Bertz CT molecular complexity index is 1380. The summed E-state index contributed by atoms with van der Waals surface area (Å²) in [5.74, 6) is 1.61. The first-order valence-corrected chi connectivity index (χ1v) is 13.2. The zero-order valence-electron chi connectivity index (χ0n) is 21.5. The second-order valence-corrected chi connectivity index (χ2v) is 9.52. The molecule has 1 fully saturated rings. The molecule has 0 saturated carbocycles. The molecule has 1 aliphatic heterocycles. The lowest BCUT2D eigenvalue weighted by atomic mass is 10.1. The Labute approximate surface area is 234 Å². The van der Waals surface area contributed by atoms with Gasteiger partial charge in [-0.1, -0.05) is 48.2 Å². The highest BCUT2D eigenvalue weighted by Gasteiger charge is 2.28. The van der Waals surface area contributed by atoms with E-state index in [1.54, 1.807) is 60.8 Å². The first-order chi connectivity index (χ1) is 19.4. The topological polar surface area (TPSA) is 97.2 Å². The third-order valence-corrected chi connectivity index (χ3v) is 6.75. The maximum atomic E-state index is 13.0. The van der Waals surface area contributed by atoms with Gasteiger partial charge in [0.05, 0.1) is 17.6 Å². The number of ether oxygens (including phenoxy) is 2. The van der Waals surface area contributed by atoms with Crippen LogP contribution in [0.4, 0.5) is 24.5 Å². The summed E-state index contributed by atoms with van der Waals surface area (Å²) in [5.41, 5.74) is 8.68. The van der Waals surface area contributed by atoms with E-state index in [-0.39, 0.29) is 17.6 Å². The van der Waals surface area contributed by atoms with Gasteiger partial charge in [0, 0.05) is 17.4 Å². The number of anilines is 1. The van der Waals surface area contributed by atoms with E-state index in [1.807, 2.05) is 24.0 Å². The normalized spacial score (nSPS) is 17.3. The van der Waals surface area contributed by atoms with Crippen molar-refractivity contribution in [2.45, 2.75) is 26.0 Å². The average Bonchev–Trinajstić information content (AvgIpc) is 2.95. The zero-order chi connectivity index (χ0) is 28.3. The van der Waals surface area contributed by atoms with Gasteiger partial charge in [0.25, 0.3) is 0 Å². The number of halogens is 3. The van der Waals surface area contributed by atoms with Gasteiger partial charge in [-0.15, -0.1) is 5.10 Å². The molecule has 1 unspecified atom stereocenters. The van der Waals surface area contributed by atoms with Gasteiger partial charge < -0.3 is 20.1 Å². The summed E-state index contributed by atoms with van der Waals surface area (Å²) in [5, 5.41) is 9.22. The van der Waals surface area contributed by atoms with Crippen LogP contribution in [0.15, 0.2) is 93.0 Å². The van der Waals surface area contributed by atoms with E-state index < -0.39 is 13.5 Å². The molecule has 0 radical (unpaired) electrons. The number of para-hydroxylation sites is 2. The number of hydrogen-bond donors (Lipinski definition) is 1. The number of nitrogens with two attached hydrogens (primary N) is 1. The van der Waals surface area contributed by atoms with Crippen LogP contribution in [0.2, 0.25) is 0 Å². The minimum Gasteiger partial charge on any atom is -0.463 e. The van der Waals surface area contributed by atoms with E-state index >= 15 is 0 Å². The van der Waals surface area contributed by atoms with Gasteiger partial charge in [0.15, 0.2) is 5.17 Å². The van der Waals surface area contributed by atoms with Crippen molar-refractivity contribution in [2.75, 3.05) is 17.5 Å². The van der Waals surface area contributed by atoms with Crippen molar-refractivity contribution < 1.29 is 22.6 Å². The van der Waals surface area contributed by atoms with Crippen molar-refractivity contribution in [3.8, 4) is 11.5 Å². The van der Waals surface area contributed by atoms with Gasteiger partial charge >= 0.3 is 6.61 Å². The van der Waals surface area contributed by atoms with E-state index in [4.69, 9.17) is 15.2 Å². The van der Waals surface area contributed by atoms with Crippen molar-refractivity contribution in [2.24, 2.45) is 25.9 Å². The minimum absolute atomic E-state index is 0.0254. The van der Waals surface area contributed by atoms with Crippen molar-refractivity contribution in [3.63, 3.8) is 0 Å². The Hall–Kier alpha value is -4.32. The molecular weight excluding hydrogens is 541 g/mol. The molecule has 3 aromatic rings. The Balaban J connectivity index is 1.43. The fourth-order valence-corrected chi connectivity index (χ4v) is 4.95. The van der Waals surface area contributed by atoms with Crippen molar-refractivity contribution in [1.82, 2.24) is 0 Å². The zero-order valence-corrected chi connectivity index (χ0v) is 22.3. The number of benzene rings is 3. The number of aliphatic imine (C=N–C) groups is 2. The highest BCUT2D eigenvalue weighted by molar-refractivity contribution is 8.14. The van der Waals surface area contributed by atoms with Gasteiger partial charge in [0.1, 0.15) is 23.7 Å². The molecule has 2 N–H and O–H groups in total. The van der Waals surface area contributed by atoms with Crippen LogP contribution in [0.25, 0.3) is 0 Å². The molecule has 12 heteroatoms. The standard InChI is InChI=1S/C28H27F3N6O2S/c1-19-14-15-40-28(37(19)24-4-2-3-5-25(24)39-27(30)31)36-35-16-20-6-8-21(9-7-20)26(32)34-18-33-22-10-12-23(13-11-22)38-17-29/h2-13,16,18-19,27H,14-15,17H2,1H3,(H2,32,33,34)/b35-16+,36-28-. The number of alkyl halides is 3.